The molecule has 3 aromatic rings. The van der Waals surface area contributed by atoms with Crippen molar-refractivity contribution in [3.63, 3.8) is 0 Å². The molecule has 0 aliphatic rings. The predicted molar refractivity (Wildman–Crippen MR) is 160 cm³/mol. The Balaban J connectivity index is 1.80. The number of rotatable bonds is 15. The highest BCUT2D eigenvalue weighted by molar-refractivity contribution is 5.81. The smallest absolute Gasteiger partial charge is 0.261 e. The molecule has 0 spiro atoms. The Bertz CT molecular complexity index is 1190. The topological polar surface area (TPSA) is 84.3 Å². The number of carbonyl (C=O) groups excluding carboxylic acids is 1. The van der Waals surface area contributed by atoms with Gasteiger partial charge in [0, 0.05) is 29.8 Å². The Morgan fingerprint density at radius 1 is 1.05 bits per heavy atom. The first-order valence-corrected chi connectivity index (χ1v) is 14.9. The Morgan fingerprint density at radius 3 is 2.41 bits per heavy atom. The molecule has 1 amide bonds. The van der Waals surface area contributed by atoms with Crippen molar-refractivity contribution < 1.29 is 9.53 Å². The molecule has 2 N–H and O–H groups in total. The highest BCUT2D eigenvalue weighted by Crippen LogP contribution is 2.39. The first kappa shape index (κ1) is 30.7. The molecule has 7 nitrogen and oxygen atoms in total. The number of aryl methyl sites for hydroxylation is 1. The van der Waals surface area contributed by atoms with Crippen LogP contribution >= 0.6 is 0 Å². The summed E-state index contributed by atoms with van der Waals surface area (Å²) in [6.07, 6.45) is 6.57. The normalized spacial score (nSPS) is 14.0. The first-order chi connectivity index (χ1) is 18.4. The summed E-state index contributed by atoms with van der Waals surface area (Å²) in [6, 6.07) is 8.54. The summed E-state index contributed by atoms with van der Waals surface area (Å²) in [5.41, 5.74) is 4.30. The van der Waals surface area contributed by atoms with E-state index in [1.807, 2.05) is 19.9 Å². The number of hydrogen-bond acceptors (Lipinski definition) is 4. The first-order valence-electron chi connectivity index (χ1n) is 14.9. The molecule has 2 atom stereocenters. The molecule has 3 rings (SSSR count). The van der Waals surface area contributed by atoms with Crippen LogP contribution in [0.25, 0.3) is 5.65 Å². The molecule has 0 saturated heterocycles. The van der Waals surface area contributed by atoms with Crippen molar-refractivity contribution in [3.8, 4) is 5.75 Å². The van der Waals surface area contributed by atoms with Crippen LogP contribution in [0.2, 0.25) is 0 Å². The van der Waals surface area contributed by atoms with E-state index < -0.39 is 6.10 Å². The van der Waals surface area contributed by atoms with E-state index in [1.165, 1.54) is 17.5 Å². The van der Waals surface area contributed by atoms with Gasteiger partial charge in [0.15, 0.2) is 17.6 Å². The molecule has 0 aliphatic carbocycles. The van der Waals surface area contributed by atoms with Crippen molar-refractivity contribution in [2.45, 2.75) is 130 Å². The average molecular weight is 538 g/mol. The van der Waals surface area contributed by atoms with Crippen molar-refractivity contribution in [1.29, 1.82) is 0 Å². The molecule has 0 saturated carbocycles. The molecule has 216 valence electrons. The summed E-state index contributed by atoms with van der Waals surface area (Å²) < 4.78 is 8.30. The zero-order valence-electron chi connectivity index (χ0n) is 25.8. The predicted octanol–water partition coefficient (Wildman–Crippen LogP) is 7.38. The largest absolute Gasteiger partial charge is 0.480 e. The van der Waals surface area contributed by atoms with Gasteiger partial charge in [-0.2, -0.15) is 4.63 Å². The van der Waals surface area contributed by atoms with Gasteiger partial charge >= 0.3 is 0 Å². The quantitative estimate of drug-likeness (QED) is 0.198. The zero-order valence-corrected chi connectivity index (χ0v) is 25.8. The number of carbonyl (C=O) groups is 1. The van der Waals surface area contributed by atoms with Gasteiger partial charge in [-0.3, -0.25) is 9.89 Å². The monoisotopic (exact) mass is 537 g/mol. The molecule has 0 bridgehead atoms. The average Bonchev–Trinajstić information content (AvgIpc) is 3.46. The van der Waals surface area contributed by atoms with Gasteiger partial charge in [0.05, 0.1) is 0 Å². The number of ether oxygens (including phenoxy) is 1. The Morgan fingerprint density at radius 2 is 1.77 bits per heavy atom. The second kappa shape index (κ2) is 13.0. The SMILES string of the molecule is CCCCCCC(Oc1ccc(C(C)(C)CC)cc1C(C)(C)CC)C(=O)NCC(C)c1nc2cc(C)[nH]n2n1. The molecular formula is C32H51N5O2. The number of benzene rings is 1. The third kappa shape index (κ3) is 7.64. The van der Waals surface area contributed by atoms with Gasteiger partial charge in [0.25, 0.3) is 5.91 Å². The van der Waals surface area contributed by atoms with E-state index in [4.69, 9.17) is 4.74 Å². The standard InChI is InChI=1S/C32H51N5O2/c1-10-13-14-15-16-27(30(38)33-21-22(4)29-34-28-19-23(5)35-37(28)36-29)39-26-18-17-24(31(6,7)11-2)20-25(26)32(8,9)12-3/h17-20,22,27,35H,10-16,21H2,1-9H3,(H,33,38). The van der Waals surface area contributed by atoms with Crippen molar-refractivity contribution in [2.24, 2.45) is 0 Å². The van der Waals surface area contributed by atoms with Crippen molar-refractivity contribution in [2.75, 3.05) is 6.54 Å². The van der Waals surface area contributed by atoms with Gasteiger partial charge in [-0.25, -0.2) is 4.98 Å². The van der Waals surface area contributed by atoms with Gasteiger partial charge in [-0.05, 0) is 55.1 Å². The summed E-state index contributed by atoms with van der Waals surface area (Å²) in [6.45, 7) is 20.2. The fourth-order valence-corrected chi connectivity index (χ4v) is 4.71. The lowest BCUT2D eigenvalue weighted by atomic mass is 9.76. The van der Waals surface area contributed by atoms with Gasteiger partial charge in [0.2, 0.25) is 0 Å². The van der Waals surface area contributed by atoms with Crippen LogP contribution in [-0.2, 0) is 15.6 Å². The third-order valence-corrected chi connectivity index (χ3v) is 8.44. The van der Waals surface area contributed by atoms with Gasteiger partial charge in [-0.15, -0.1) is 5.10 Å². The van der Waals surface area contributed by atoms with Gasteiger partial charge in [0.1, 0.15) is 5.75 Å². The molecule has 7 heteroatoms. The van der Waals surface area contributed by atoms with Crippen LogP contribution in [0.1, 0.15) is 129 Å². The Hall–Kier alpha value is -2.83. The van der Waals surface area contributed by atoms with Crippen LogP contribution in [0.4, 0.5) is 0 Å². The van der Waals surface area contributed by atoms with Crippen LogP contribution < -0.4 is 10.1 Å². The lowest BCUT2D eigenvalue weighted by Gasteiger charge is -2.31. The number of hydrogen-bond donors (Lipinski definition) is 2. The minimum Gasteiger partial charge on any atom is -0.480 e. The number of unbranched alkanes of at least 4 members (excludes halogenated alkanes) is 3. The molecule has 1 aromatic carbocycles. The van der Waals surface area contributed by atoms with Crippen molar-refractivity contribution in [3.05, 3.63) is 46.9 Å². The molecular weight excluding hydrogens is 486 g/mol. The zero-order chi connectivity index (χ0) is 28.8. The molecule has 0 aliphatic heterocycles. The van der Waals surface area contributed by atoms with E-state index in [9.17, 15) is 4.79 Å². The number of fused-ring (bicyclic) bond motifs is 1. The fraction of sp³-hybridized carbons (Fsp3) is 0.656. The number of H-pyrrole nitrogens is 1. The molecule has 0 fully saturated rings. The Kier molecular flexibility index (Phi) is 10.2. The van der Waals surface area contributed by atoms with E-state index in [2.05, 4.69) is 87.2 Å². The van der Waals surface area contributed by atoms with Crippen LogP contribution in [0.3, 0.4) is 0 Å². The van der Waals surface area contributed by atoms with E-state index in [1.54, 1.807) is 4.63 Å². The maximum atomic E-state index is 13.5. The van der Waals surface area contributed by atoms with E-state index in [0.29, 0.717) is 18.8 Å². The van der Waals surface area contributed by atoms with Crippen LogP contribution in [0.5, 0.6) is 5.75 Å². The highest BCUT2D eigenvalue weighted by Gasteiger charge is 2.29. The maximum absolute atomic E-state index is 13.5. The van der Waals surface area contributed by atoms with Gasteiger partial charge < -0.3 is 10.1 Å². The molecule has 0 radical (unpaired) electrons. The van der Waals surface area contributed by atoms with Gasteiger partial charge in [-0.1, -0.05) is 86.8 Å². The summed E-state index contributed by atoms with van der Waals surface area (Å²) in [4.78, 5) is 18.1. The summed E-state index contributed by atoms with van der Waals surface area (Å²) in [5.74, 6) is 1.44. The second-order valence-electron chi connectivity index (χ2n) is 12.5. The Labute approximate surface area is 235 Å². The number of nitrogens with zero attached hydrogens (tertiary/aromatic N) is 3. The van der Waals surface area contributed by atoms with Crippen molar-refractivity contribution >= 4 is 11.6 Å². The minimum absolute atomic E-state index is 0.0200. The number of nitrogens with one attached hydrogen (secondary N) is 2. The fourth-order valence-electron chi connectivity index (χ4n) is 4.71. The second-order valence-corrected chi connectivity index (χ2v) is 12.5. The molecule has 39 heavy (non-hydrogen) atoms. The number of aromatic nitrogens is 4. The molecule has 2 heterocycles. The summed E-state index contributed by atoms with van der Waals surface area (Å²) in [5, 5.41) is 10.8. The van der Waals surface area contributed by atoms with E-state index in [-0.39, 0.29) is 22.7 Å². The molecule has 2 unspecified atom stereocenters. The van der Waals surface area contributed by atoms with Crippen LogP contribution in [-0.4, -0.2) is 38.4 Å². The van der Waals surface area contributed by atoms with E-state index in [0.717, 1.165) is 49.2 Å². The minimum atomic E-state index is -0.544. The highest BCUT2D eigenvalue weighted by atomic mass is 16.5. The van der Waals surface area contributed by atoms with Crippen LogP contribution in [0, 0.1) is 6.92 Å². The van der Waals surface area contributed by atoms with Crippen molar-refractivity contribution in [1.82, 2.24) is 25.1 Å². The van der Waals surface area contributed by atoms with E-state index >= 15 is 0 Å². The summed E-state index contributed by atoms with van der Waals surface area (Å²) in [7, 11) is 0. The summed E-state index contributed by atoms with van der Waals surface area (Å²) >= 11 is 0. The lowest BCUT2D eigenvalue weighted by molar-refractivity contribution is -0.128. The number of aromatic amines is 1. The lowest BCUT2D eigenvalue weighted by Crippen LogP contribution is -2.40. The van der Waals surface area contributed by atoms with Crippen LogP contribution in [0.15, 0.2) is 24.3 Å². The number of amides is 1. The maximum Gasteiger partial charge on any atom is 0.261 e. The third-order valence-electron chi connectivity index (χ3n) is 8.44. The molecule has 2 aromatic heterocycles.